The molecule has 24 heavy (non-hydrogen) atoms. The van der Waals surface area contributed by atoms with Crippen molar-refractivity contribution in [1.82, 2.24) is 10.3 Å². The lowest BCUT2D eigenvalue weighted by Crippen LogP contribution is -2.41. The fourth-order valence-corrected chi connectivity index (χ4v) is 2.76. The zero-order valence-electron chi connectivity index (χ0n) is 15.3. The van der Waals surface area contributed by atoms with Crippen molar-refractivity contribution >= 4 is 24.3 Å². The summed E-state index contributed by atoms with van der Waals surface area (Å²) < 4.78 is 18.0. The van der Waals surface area contributed by atoms with Crippen LogP contribution in [-0.4, -0.2) is 36.9 Å². The van der Waals surface area contributed by atoms with Crippen molar-refractivity contribution in [3.8, 4) is 0 Å². The van der Waals surface area contributed by atoms with Crippen LogP contribution in [0.15, 0.2) is 28.1 Å². The predicted octanol–water partition coefficient (Wildman–Crippen LogP) is 3.37. The topological polar surface area (TPSA) is 56.5 Å². The average molecular weight is 328 g/mol. The van der Waals surface area contributed by atoms with E-state index in [0.29, 0.717) is 12.4 Å². The van der Waals surface area contributed by atoms with E-state index in [2.05, 4.69) is 44.1 Å². The van der Waals surface area contributed by atoms with Gasteiger partial charge in [0.25, 0.3) is 0 Å². The quantitative estimate of drug-likeness (QED) is 0.872. The summed E-state index contributed by atoms with van der Waals surface area (Å²) in [6.07, 6.45) is 2.09. The molecule has 1 aromatic carbocycles. The number of hydrogen-bond acceptors (Lipinski definition) is 5. The summed E-state index contributed by atoms with van der Waals surface area (Å²) >= 11 is 0. The first-order chi connectivity index (χ1) is 11.2. The van der Waals surface area contributed by atoms with E-state index in [-0.39, 0.29) is 18.3 Å². The van der Waals surface area contributed by atoms with Gasteiger partial charge in [-0.25, -0.2) is 4.98 Å². The van der Waals surface area contributed by atoms with Gasteiger partial charge >= 0.3 is 7.12 Å². The van der Waals surface area contributed by atoms with Gasteiger partial charge < -0.3 is 19.0 Å². The van der Waals surface area contributed by atoms with E-state index < -0.39 is 0 Å². The molecule has 0 bridgehead atoms. The van der Waals surface area contributed by atoms with Crippen LogP contribution >= 0.6 is 0 Å². The molecule has 1 aromatic heterocycles. The summed E-state index contributed by atoms with van der Waals surface area (Å²) in [4.78, 5) is 4.34. The lowest BCUT2D eigenvalue weighted by atomic mass is 9.77. The van der Waals surface area contributed by atoms with Crippen molar-refractivity contribution in [1.29, 1.82) is 0 Å². The lowest BCUT2D eigenvalue weighted by Gasteiger charge is -2.32. The zero-order valence-corrected chi connectivity index (χ0v) is 15.3. The standard InChI is InChI=1S/C18H25BN2O3/c1-12-21-15-8-7-13(10-16(15)22-12)9-14(11-20-6)19-23-17(2,3)18(4,5)24-19/h7-10,20H,11H2,1-6H3. The van der Waals surface area contributed by atoms with E-state index in [4.69, 9.17) is 13.7 Å². The van der Waals surface area contributed by atoms with Crippen LogP contribution in [0, 0.1) is 6.92 Å². The number of likely N-dealkylation sites (N-methyl/N-ethyl adjacent to an activating group) is 1. The SMILES string of the molecule is CNCC(=Cc1ccc2nc(C)oc2c1)B1OC(C)(C)C(C)(C)O1. The minimum absolute atomic E-state index is 0.351. The highest BCUT2D eigenvalue weighted by Gasteiger charge is 2.52. The highest BCUT2D eigenvalue weighted by molar-refractivity contribution is 6.55. The van der Waals surface area contributed by atoms with Crippen molar-refractivity contribution in [3.05, 3.63) is 35.1 Å². The maximum absolute atomic E-state index is 6.18. The van der Waals surface area contributed by atoms with Crippen LogP contribution in [0.2, 0.25) is 0 Å². The molecule has 2 aromatic rings. The maximum Gasteiger partial charge on any atom is 0.491 e. The molecule has 128 valence electrons. The average Bonchev–Trinajstić information content (AvgIpc) is 2.94. The van der Waals surface area contributed by atoms with Crippen LogP contribution in [-0.2, 0) is 9.31 Å². The van der Waals surface area contributed by atoms with Crippen molar-refractivity contribution in [2.75, 3.05) is 13.6 Å². The Balaban J connectivity index is 1.93. The van der Waals surface area contributed by atoms with Gasteiger partial charge in [-0.15, -0.1) is 0 Å². The Labute approximate surface area is 143 Å². The number of rotatable bonds is 4. The summed E-state index contributed by atoms with van der Waals surface area (Å²) in [7, 11) is 1.55. The van der Waals surface area contributed by atoms with Gasteiger partial charge in [-0.1, -0.05) is 12.1 Å². The summed E-state index contributed by atoms with van der Waals surface area (Å²) in [5.74, 6) is 0.674. The molecule has 0 radical (unpaired) electrons. The first-order valence-electron chi connectivity index (χ1n) is 8.30. The van der Waals surface area contributed by atoms with Crippen molar-refractivity contribution in [2.24, 2.45) is 0 Å². The van der Waals surface area contributed by atoms with Gasteiger partial charge in [0.2, 0.25) is 0 Å². The normalized spacial score (nSPS) is 20.1. The van der Waals surface area contributed by atoms with Gasteiger partial charge in [0.1, 0.15) is 5.52 Å². The van der Waals surface area contributed by atoms with Gasteiger partial charge in [-0.2, -0.15) is 0 Å². The highest BCUT2D eigenvalue weighted by Crippen LogP contribution is 2.38. The molecule has 0 aliphatic carbocycles. The molecule has 6 heteroatoms. The minimum atomic E-state index is -0.366. The Bertz CT molecular complexity index is 764. The van der Waals surface area contributed by atoms with Gasteiger partial charge in [-0.3, -0.25) is 0 Å². The predicted molar refractivity (Wildman–Crippen MR) is 96.7 cm³/mol. The number of nitrogens with one attached hydrogen (secondary N) is 1. The number of fused-ring (bicyclic) bond motifs is 1. The van der Waals surface area contributed by atoms with E-state index in [1.54, 1.807) is 0 Å². The first-order valence-corrected chi connectivity index (χ1v) is 8.30. The van der Waals surface area contributed by atoms with Crippen LogP contribution in [0.1, 0.15) is 39.1 Å². The second-order valence-corrected chi connectivity index (χ2v) is 7.30. The van der Waals surface area contributed by atoms with Crippen LogP contribution in [0.5, 0.6) is 0 Å². The molecule has 2 heterocycles. The van der Waals surface area contributed by atoms with E-state index in [1.807, 2.05) is 32.2 Å². The molecule has 0 atom stereocenters. The molecule has 1 saturated heterocycles. The highest BCUT2D eigenvalue weighted by atomic mass is 16.7. The molecule has 3 rings (SSSR count). The maximum atomic E-state index is 6.18. The Morgan fingerprint density at radius 2 is 1.88 bits per heavy atom. The van der Waals surface area contributed by atoms with Crippen molar-refractivity contribution in [2.45, 2.75) is 45.8 Å². The molecule has 0 saturated carbocycles. The van der Waals surface area contributed by atoms with E-state index in [9.17, 15) is 0 Å². The Hall–Kier alpha value is -1.63. The Morgan fingerprint density at radius 1 is 1.21 bits per heavy atom. The third-order valence-electron chi connectivity index (χ3n) is 4.81. The molecule has 0 spiro atoms. The van der Waals surface area contributed by atoms with Crippen molar-refractivity contribution < 1.29 is 13.7 Å². The van der Waals surface area contributed by atoms with Crippen LogP contribution in [0.4, 0.5) is 0 Å². The minimum Gasteiger partial charge on any atom is -0.441 e. The molecule has 5 nitrogen and oxygen atoms in total. The summed E-state index contributed by atoms with van der Waals surface area (Å²) in [6.45, 7) is 10.8. The van der Waals surface area contributed by atoms with Crippen LogP contribution in [0.25, 0.3) is 17.2 Å². The summed E-state index contributed by atoms with van der Waals surface area (Å²) in [5.41, 5.74) is 3.05. The smallest absolute Gasteiger partial charge is 0.441 e. The molecule has 1 aliphatic rings. The molecule has 1 fully saturated rings. The van der Waals surface area contributed by atoms with E-state index in [1.165, 1.54) is 0 Å². The zero-order chi connectivity index (χ0) is 17.5. The second kappa shape index (κ2) is 6.03. The fraction of sp³-hybridized carbons (Fsp3) is 0.500. The third-order valence-corrected chi connectivity index (χ3v) is 4.81. The van der Waals surface area contributed by atoms with Crippen molar-refractivity contribution in [3.63, 3.8) is 0 Å². The first kappa shape index (κ1) is 17.2. The molecular weight excluding hydrogens is 303 g/mol. The molecule has 0 amide bonds. The van der Waals surface area contributed by atoms with Gasteiger partial charge in [0.15, 0.2) is 11.5 Å². The number of aryl methyl sites for hydroxylation is 1. The largest absolute Gasteiger partial charge is 0.491 e. The Morgan fingerprint density at radius 3 is 2.50 bits per heavy atom. The third kappa shape index (κ3) is 3.14. The van der Waals surface area contributed by atoms with E-state index in [0.717, 1.165) is 22.1 Å². The van der Waals surface area contributed by atoms with Gasteiger partial charge in [0.05, 0.1) is 11.2 Å². The number of oxazole rings is 1. The number of benzene rings is 1. The number of hydrogen-bond donors (Lipinski definition) is 1. The Kier molecular flexibility index (Phi) is 4.32. The van der Waals surface area contributed by atoms with Crippen LogP contribution in [0.3, 0.4) is 0 Å². The van der Waals surface area contributed by atoms with Gasteiger partial charge in [0, 0.05) is 13.5 Å². The van der Waals surface area contributed by atoms with Gasteiger partial charge in [-0.05, 0) is 57.9 Å². The molecule has 0 unspecified atom stereocenters. The lowest BCUT2D eigenvalue weighted by molar-refractivity contribution is 0.00578. The fourth-order valence-electron chi connectivity index (χ4n) is 2.76. The monoisotopic (exact) mass is 328 g/mol. The summed E-state index contributed by atoms with van der Waals surface area (Å²) in [6, 6.07) is 6.00. The second-order valence-electron chi connectivity index (χ2n) is 7.30. The number of aromatic nitrogens is 1. The molecule has 1 aliphatic heterocycles. The molecular formula is C18H25BN2O3. The molecule has 1 N–H and O–H groups in total. The van der Waals surface area contributed by atoms with Crippen LogP contribution < -0.4 is 5.32 Å². The summed E-state index contributed by atoms with van der Waals surface area (Å²) in [5, 5.41) is 3.20. The van der Waals surface area contributed by atoms with E-state index >= 15 is 0 Å². The number of nitrogens with zero attached hydrogens (tertiary/aromatic N) is 1.